The number of likely N-dealkylation sites (N-methyl/N-ethyl adjacent to an activating group) is 1. The van der Waals surface area contributed by atoms with Crippen molar-refractivity contribution in [2.75, 3.05) is 13.6 Å². The zero-order chi connectivity index (χ0) is 16.8. The van der Waals surface area contributed by atoms with Crippen LogP contribution in [0.5, 0.6) is 0 Å². The van der Waals surface area contributed by atoms with Gasteiger partial charge in [-0.3, -0.25) is 4.90 Å². The molecule has 0 aliphatic heterocycles. The van der Waals surface area contributed by atoms with Gasteiger partial charge in [0.05, 0.1) is 12.1 Å². The maximum atomic E-state index is 10.6. The van der Waals surface area contributed by atoms with E-state index in [1.54, 1.807) is 0 Å². The fourth-order valence-corrected chi connectivity index (χ4v) is 3.13. The van der Waals surface area contributed by atoms with E-state index in [2.05, 4.69) is 60.5 Å². The van der Waals surface area contributed by atoms with Gasteiger partial charge in [-0.2, -0.15) is 0 Å². The van der Waals surface area contributed by atoms with E-state index in [9.17, 15) is 5.11 Å². The van der Waals surface area contributed by atoms with Gasteiger partial charge in [0.25, 0.3) is 0 Å². The van der Waals surface area contributed by atoms with Crippen LogP contribution in [0.4, 0.5) is 0 Å². The molecular formula is C22H23NO. The normalized spacial score (nSPS) is 12.5. The van der Waals surface area contributed by atoms with E-state index in [0.29, 0.717) is 6.54 Å². The average molecular weight is 317 g/mol. The highest BCUT2D eigenvalue weighted by atomic mass is 16.3. The summed E-state index contributed by atoms with van der Waals surface area (Å²) in [5.74, 6) is 0. The van der Waals surface area contributed by atoms with E-state index >= 15 is 0 Å². The quantitative estimate of drug-likeness (QED) is 0.726. The van der Waals surface area contributed by atoms with Crippen molar-refractivity contribution in [3.63, 3.8) is 0 Å². The molecule has 0 bridgehead atoms. The van der Waals surface area contributed by atoms with Crippen LogP contribution >= 0.6 is 0 Å². The summed E-state index contributed by atoms with van der Waals surface area (Å²) < 4.78 is 0. The lowest BCUT2D eigenvalue weighted by molar-refractivity contribution is 0.113. The van der Waals surface area contributed by atoms with Crippen LogP contribution in [0.2, 0.25) is 0 Å². The fraction of sp³-hybridized carbons (Fsp3) is 0.182. The van der Waals surface area contributed by atoms with Crippen molar-refractivity contribution >= 4 is 0 Å². The van der Waals surface area contributed by atoms with Crippen molar-refractivity contribution in [1.82, 2.24) is 4.90 Å². The fourth-order valence-electron chi connectivity index (χ4n) is 3.13. The summed E-state index contributed by atoms with van der Waals surface area (Å²) in [7, 11) is 2.07. The van der Waals surface area contributed by atoms with E-state index < -0.39 is 6.10 Å². The Bertz CT molecular complexity index is 688. The third-order valence-corrected chi connectivity index (χ3v) is 4.32. The molecule has 3 rings (SSSR count). The lowest BCUT2D eigenvalue weighted by Gasteiger charge is -2.31. The Kier molecular flexibility index (Phi) is 5.42. The highest BCUT2D eigenvalue weighted by molar-refractivity contribution is 5.32. The third kappa shape index (κ3) is 3.91. The highest BCUT2D eigenvalue weighted by Crippen LogP contribution is 2.29. The minimum atomic E-state index is -0.508. The number of hydrogen-bond acceptors (Lipinski definition) is 2. The molecule has 122 valence electrons. The molecule has 0 fully saturated rings. The van der Waals surface area contributed by atoms with Crippen molar-refractivity contribution < 1.29 is 5.11 Å². The Morgan fingerprint density at radius 2 is 1.04 bits per heavy atom. The van der Waals surface area contributed by atoms with Crippen molar-refractivity contribution in [3.8, 4) is 0 Å². The van der Waals surface area contributed by atoms with Crippen LogP contribution in [-0.4, -0.2) is 23.6 Å². The van der Waals surface area contributed by atoms with E-state index in [1.807, 2.05) is 42.5 Å². The summed E-state index contributed by atoms with van der Waals surface area (Å²) in [6.07, 6.45) is -0.508. The van der Waals surface area contributed by atoms with Crippen molar-refractivity contribution in [2.24, 2.45) is 0 Å². The molecule has 1 atom stereocenters. The Labute approximate surface area is 144 Å². The van der Waals surface area contributed by atoms with Gasteiger partial charge in [0.1, 0.15) is 0 Å². The SMILES string of the molecule is CN(C[C@@H](O)c1ccccc1)C(c1ccccc1)c1ccccc1. The first-order valence-corrected chi connectivity index (χ1v) is 8.29. The first kappa shape index (κ1) is 16.4. The van der Waals surface area contributed by atoms with Crippen LogP contribution in [0, 0.1) is 0 Å². The second kappa shape index (κ2) is 7.91. The molecule has 0 saturated heterocycles. The third-order valence-electron chi connectivity index (χ3n) is 4.32. The van der Waals surface area contributed by atoms with Gasteiger partial charge in [0.2, 0.25) is 0 Å². The zero-order valence-electron chi connectivity index (χ0n) is 13.9. The van der Waals surface area contributed by atoms with Gasteiger partial charge >= 0.3 is 0 Å². The Balaban J connectivity index is 1.86. The summed E-state index contributed by atoms with van der Waals surface area (Å²) >= 11 is 0. The first-order valence-electron chi connectivity index (χ1n) is 8.29. The van der Waals surface area contributed by atoms with Gasteiger partial charge in [-0.15, -0.1) is 0 Å². The van der Waals surface area contributed by atoms with Crippen LogP contribution in [0.15, 0.2) is 91.0 Å². The van der Waals surface area contributed by atoms with Gasteiger partial charge in [-0.25, -0.2) is 0 Å². The van der Waals surface area contributed by atoms with Gasteiger partial charge in [-0.05, 0) is 23.7 Å². The molecule has 3 aromatic rings. The standard InChI is InChI=1S/C22H23NO/c1-23(17-21(24)18-11-5-2-6-12-18)22(19-13-7-3-8-14-19)20-15-9-4-10-16-20/h2-16,21-22,24H,17H2,1H3/t21-/m1/s1. The van der Waals surface area contributed by atoms with Gasteiger partial charge < -0.3 is 5.11 Å². The molecule has 24 heavy (non-hydrogen) atoms. The predicted molar refractivity (Wildman–Crippen MR) is 98.8 cm³/mol. The first-order chi connectivity index (χ1) is 11.8. The topological polar surface area (TPSA) is 23.5 Å². The van der Waals surface area contributed by atoms with Crippen molar-refractivity contribution in [3.05, 3.63) is 108 Å². The van der Waals surface area contributed by atoms with E-state index in [4.69, 9.17) is 0 Å². The van der Waals surface area contributed by atoms with E-state index in [0.717, 1.165) is 5.56 Å². The molecule has 0 radical (unpaired) electrons. The molecule has 0 heterocycles. The largest absolute Gasteiger partial charge is 0.387 e. The summed E-state index contributed by atoms with van der Waals surface area (Å²) in [4.78, 5) is 2.21. The number of benzene rings is 3. The maximum absolute atomic E-state index is 10.6. The van der Waals surface area contributed by atoms with Crippen LogP contribution in [0.1, 0.15) is 28.8 Å². The number of aliphatic hydroxyl groups excluding tert-OH is 1. The molecule has 0 aliphatic carbocycles. The molecule has 0 amide bonds. The van der Waals surface area contributed by atoms with Crippen molar-refractivity contribution in [2.45, 2.75) is 12.1 Å². The Morgan fingerprint density at radius 1 is 0.667 bits per heavy atom. The zero-order valence-corrected chi connectivity index (χ0v) is 13.9. The van der Waals surface area contributed by atoms with E-state index in [1.165, 1.54) is 11.1 Å². The molecule has 2 nitrogen and oxygen atoms in total. The second-order valence-electron chi connectivity index (χ2n) is 6.09. The summed E-state index contributed by atoms with van der Waals surface area (Å²) in [6.45, 7) is 0.568. The van der Waals surface area contributed by atoms with Crippen molar-refractivity contribution in [1.29, 1.82) is 0 Å². The molecular weight excluding hydrogens is 294 g/mol. The summed E-state index contributed by atoms with van der Waals surface area (Å²) in [5.41, 5.74) is 3.40. The maximum Gasteiger partial charge on any atom is 0.0917 e. The van der Waals surface area contributed by atoms with Gasteiger partial charge in [-0.1, -0.05) is 91.0 Å². The average Bonchev–Trinajstić information content (AvgIpc) is 2.64. The lowest BCUT2D eigenvalue weighted by atomic mass is 9.96. The van der Waals surface area contributed by atoms with Crippen LogP contribution in [0.25, 0.3) is 0 Å². The minimum absolute atomic E-state index is 0.116. The molecule has 0 aliphatic rings. The summed E-state index contributed by atoms with van der Waals surface area (Å²) in [6, 6.07) is 30.8. The molecule has 3 aromatic carbocycles. The minimum Gasteiger partial charge on any atom is -0.387 e. The highest BCUT2D eigenvalue weighted by Gasteiger charge is 2.21. The Hall–Kier alpha value is -2.42. The number of nitrogens with zero attached hydrogens (tertiary/aromatic N) is 1. The van der Waals surface area contributed by atoms with E-state index in [-0.39, 0.29) is 6.04 Å². The molecule has 0 unspecified atom stereocenters. The number of hydrogen-bond donors (Lipinski definition) is 1. The molecule has 2 heteroatoms. The summed E-state index contributed by atoms with van der Waals surface area (Å²) in [5, 5.41) is 10.6. The van der Waals surface area contributed by atoms with Crippen LogP contribution in [-0.2, 0) is 0 Å². The monoisotopic (exact) mass is 317 g/mol. The smallest absolute Gasteiger partial charge is 0.0917 e. The number of rotatable bonds is 6. The van der Waals surface area contributed by atoms with Gasteiger partial charge in [0, 0.05) is 6.54 Å². The molecule has 0 spiro atoms. The predicted octanol–water partition coefficient (Wildman–Crippen LogP) is 4.44. The van der Waals surface area contributed by atoms with Crippen LogP contribution in [0.3, 0.4) is 0 Å². The van der Waals surface area contributed by atoms with Gasteiger partial charge in [0.15, 0.2) is 0 Å². The number of aliphatic hydroxyl groups is 1. The Morgan fingerprint density at radius 3 is 1.46 bits per heavy atom. The van der Waals surface area contributed by atoms with Crippen LogP contribution < -0.4 is 0 Å². The molecule has 1 N–H and O–H groups in total. The second-order valence-corrected chi connectivity index (χ2v) is 6.09. The lowest BCUT2D eigenvalue weighted by Crippen LogP contribution is -2.30. The molecule has 0 aromatic heterocycles. The molecule has 0 saturated carbocycles.